The predicted molar refractivity (Wildman–Crippen MR) is 113 cm³/mol. The maximum atomic E-state index is 13.4. The van der Waals surface area contributed by atoms with Gasteiger partial charge in [-0.15, -0.1) is 0 Å². The van der Waals surface area contributed by atoms with Gasteiger partial charge in [-0.05, 0) is 44.1 Å². The average molecular weight is 471 g/mol. The molecule has 0 bridgehead atoms. The Morgan fingerprint density at radius 2 is 1.94 bits per heavy atom. The lowest BCUT2D eigenvalue weighted by Crippen LogP contribution is -2.40. The van der Waals surface area contributed by atoms with Crippen LogP contribution in [0.5, 0.6) is 0 Å². The molecule has 2 aromatic heterocycles. The highest BCUT2D eigenvalue weighted by Crippen LogP contribution is 2.44. The topological polar surface area (TPSA) is 68.5 Å². The highest BCUT2D eigenvalue weighted by atomic mass is 19.3. The van der Waals surface area contributed by atoms with Crippen LogP contribution in [0.25, 0.3) is 5.65 Å². The Hall–Kier alpha value is -2.23. The summed E-state index contributed by atoms with van der Waals surface area (Å²) in [5.74, 6) is -5.62. The highest BCUT2D eigenvalue weighted by molar-refractivity contribution is 5.77. The third kappa shape index (κ3) is 6.22. The number of aromatic nitrogens is 3. The van der Waals surface area contributed by atoms with Gasteiger partial charge in [-0.25, -0.2) is 27.1 Å². The summed E-state index contributed by atoms with van der Waals surface area (Å²) in [7, 11) is 0. The van der Waals surface area contributed by atoms with Crippen LogP contribution < -0.4 is 5.32 Å². The molecule has 2 aromatic rings. The van der Waals surface area contributed by atoms with Crippen LogP contribution in [0.1, 0.15) is 69.2 Å². The number of halogens is 4. The number of nitrogens with one attached hydrogen (secondary N) is 1. The number of fused-ring (bicyclic) bond motifs is 1. The first-order chi connectivity index (χ1) is 15.6. The zero-order valence-corrected chi connectivity index (χ0v) is 18.7. The highest BCUT2D eigenvalue weighted by Gasteiger charge is 2.45. The van der Waals surface area contributed by atoms with E-state index in [2.05, 4.69) is 15.4 Å². The summed E-state index contributed by atoms with van der Waals surface area (Å²) in [6, 6.07) is 1.34. The SMILES string of the molecule is CCOC[C@H](NC(=O)CC1CC(F)(F)C1)c1cnn2cc(CC3CCC(F)(F)CC3)nc2c1. The van der Waals surface area contributed by atoms with Crippen LogP contribution in [0.3, 0.4) is 0 Å². The Labute approximate surface area is 190 Å². The van der Waals surface area contributed by atoms with E-state index in [4.69, 9.17) is 4.74 Å². The molecule has 1 N–H and O–H groups in total. The first kappa shape index (κ1) is 23.9. The second-order valence-electron chi connectivity index (χ2n) is 9.44. The van der Waals surface area contributed by atoms with Gasteiger partial charge in [-0.2, -0.15) is 5.10 Å². The molecule has 2 aliphatic carbocycles. The van der Waals surface area contributed by atoms with E-state index in [1.165, 1.54) is 0 Å². The average Bonchev–Trinajstić information content (AvgIpc) is 3.12. The van der Waals surface area contributed by atoms with E-state index in [1.54, 1.807) is 16.9 Å². The van der Waals surface area contributed by atoms with E-state index in [0.29, 0.717) is 37.1 Å². The van der Waals surface area contributed by atoms with E-state index in [1.807, 2.05) is 13.0 Å². The number of rotatable bonds is 9. The fraction of sp³-hybridized carbons (Fsp3) is 0.696. The number of hydrogen-bond acceptors (Lipinski definition) is 4. The maximum Gasteiger partial charge on any atom is 0.248 e. The van der Waals surface area contributed by atoms with Crippen LogP contribution in [0.2, 0.25) is 0 Å². The summed E-state index contributed by atoms with van der Waals surface area (Å²) < 4.78 is 60.1. The van der Waals surface area contributed by atoms with Crippen LogP contribution in [-0.2, 0) is 16.0 Å². The third-order valence-corrected chi connectivity index (χ3v) is 6.60. The minimum atomic E-state index is -2.65. The molecule has 1 amide bonds. The Morgan fingerprint density at radius 3 is 2.61 bits per heavy atom. The molecule has 182 valence electrons. The molecule has 0 aromatic carbocycles. The smallest absolute Gasteiger partial charge is 0.248 e. The van der Waals surface area contributed by atoms with Crippen molar-refractivity contribution in [1.82, 2.24) is 19.9 Å². The van der Waals surface area contributed by atoms with Gasteiger partial charge in [0.2, 0.25) is 17.8 Å². The van der Waals surface area contributed by atoms with Gasteiger partial charge in [0.15, 0.2) is 5.65 Å². The molecule has 2 aliphatic rings. The second kappa shape index (κ2) is 9.56. The maximum absolute atomic E-state index is 13.4. The van der Waals surface area contributed by atoms with Gasteiger partial charge in [-0.3, -0.25) is 4.79 Å². The van der Waals surface area contributed by atoms with Gasteiger partial charge in [0.1, 0.15) is 0 Å². The molecule has 0 aliphatic heterocycles. The van der Waals surface area contributed by atoms with Gasteiger partial charge in [0.05, 0.1) is 30.7 Å². The normalized spacial score (nSPS) is 21.6. The number of carbonyl (C=O) groups is 1. The summed E-state index contributed by atoms with van der Waals surface area (Å²) in [5.41, 5.74) is 2.10. The van der Waals surface area contributed by atoms with Crippen molar-refractivity contribution in [1.29, 1.82) is 0 Å². The standard InChI is InChI=1S/C23H30F4N4O2/c1-2-33-14-19(30-21(32)8-16-10-23(26,27)11-16)17-9-20-29-18(13-31(20)28-12-17)7-15-3-5-22(24,25)6-4-15/h9,12-13,15-16,19H,2-8,10-11,14H2,1H3,(H,30,32)/t19-/m0/s1. The molecule has 2 fully saturated rings. The molecule has 1 atom stereocenters. The monoisotopic (exact) mass is 470 g/mol. The van der Waals surface area contributed by atoms with Crippen LogP contribution >= 0.6 is 0 Å². The molecular formula is C23H30F4N4O2. The molecule has 6 nitrogen and oxygen atoms in total. The summed E-state index contributed by atoms with van der Waals surface area (Å²) in [4.78, 5) is 17.0. The van der Waals surface area contributed by atoms with Crippen molar-refractivity contribution < 1.29 is 27.1 Å². The Kier molecular flexibility index (Phi) is 6.93. The van der Waals surface area contributed by atoms with E-state index >= 15 is 0 Å². The zero-order chi connectivity index (χ0) is 23.6. The lowest BCUT2D eigenvalue weighted by molar-refractivity contribution is -0.134. The molecular weight excluding hydrogens is 440 g/mol. The predicted octanol–water partition coefficient (Wildman–Crippen LogP) is 4.73. The van der Waals surface area contributed by atoms with Crippen LogP contribution in [0.15, 0.2) is 18.5 Å². The number of amides is 1. The third-order valence-electron chi connectivity index (χ3n) is 6.60. The molecule has 2 heterocycles. The molecule has 0 unspecified atom stereocenters. The quantitative estimate of drug-likeness (QED) is 0.538. The van der Waals surface area contributed by atoms with Gasteiger partial charge in [0.25, 0.3) is 0 Å². The summed E-state index contributed by atoms with van der Waals surface area (Å²) in [5, 5.41) is 7.27. The Morgan fingerprint density at radius 1 is 1.21 bits per heavy atom. The molecule has 10 heteroatoms. The number of carbonyl (C=O) groups excluding carboxylic acids is 1. The minimum Gasteiger partial charge on any atom is -0.379 e. The fourth-order valence-electron chi connectivity index (χ4n) is 4.73. The first-order valence-electron chi connectivity index (χ1n) is 11.6. The minimum absolute atomic E-state index is 0.0574. The van der Waals surface area contributed by atoms with Crippen molar-refractivity contribution >= 4 is 11.6 Å². The van der Waals surface area contributed by atoms with Crippen molar-refractivity contribution in [2.24, 2.45) is 11.8 Å². The van der Waals surface area contributed by atoms with Crippen molar-refractivity contribution in [2.75, 3.05) is 13.2 Å². The van der Waals surface area contributed by atoms with Gasteiger partial charge >= 0.3 is 0 Å². The molecule has 0 radical (unpaired) electrons. The number of nitrogens with zero attached hydrogens (tertiary/aromatic N) is 3. The van der Waals surface area contributed by atoms with Gasteiger partial charge in [0, 0.05) is 44.3 Å². The Bertz CT molecular complexity index is 963. The molecule has 2 saturated carbocycles. The summed E-state index contributed by atoms with van der Waals surface area (Å²) >= 11 is 0. The van der Waals surface area contributed by atoms with Crippen LogP contribution in [0, 0.1) is 11.8 Å². The summed E-state index contributed by atoms with van der Waals surface area (Å²) in [6.07, 6.45) is 4.42. The molecule has 0 saturated heterocycles. The summed E-state index contributed by atoms with van der Waals surface area (Å²) in [6.45, 7) is 2.54. The second-order valence-corrected chi connectivity index (χ2v) is 9.44. The van der Waals surface area contributed by atoms with Crippen molar-refractivity contribution in [3.8, 4) is 0 Å². The van der Waals surface area contributed by atoms with Crippen LogP contribution in [-0.4, -0.2) is 45.6 Å². The van der Waals surface area contributed by atoms with Crippen LogP contribution in [0.4, 0.5) is 17.6 Å². The van der Waals surface area contributed by atoms with E-state index < -0.39 is 17.9 Å². The van der Waals surface area contributed by atoms with Crippen molar-refractivity contribution in [2.45, 2.75) is 76.2 Å². The largest absolute Gasteiger partial charge is 0.379 e. The van der Waals surface area contributed by atoms with Gasteiger partial charge < -0.3 is 10.1 Å². The lowest BCUT2D eigenvalue weighted by Gasteiger charge is -2.34. The molecule has 0 spiro atoms. The Balaban J connectivity index is 1.41. The lowest BCUT2D eigenvalue weighted by atomic mass is 9.79. The van der Waals surface area contributed by atoms with E-state index in [9.17, 15) is 22.4 Å². The van der Waals surface area contributed by atoms with E-state index in [-0.39, 0.29) is 56.5 Å². The van der Waals surface area contributed by atoms with Gasteiger partial charge in [-0.1, -0.05) is 0 Å². The molecule has 4 rings (SSSR count). The van der Waals surface area contributed by atoms with Crippen molar-refractivity contribution in [3.63, 3.8) is 0 Å². The fourth-order valence-corrected chi connectivity index (χ4v) is 4.73. The van der Waals surface area contributed by atoms with Crippen molar-refractivity contribution in [3.05, 3.63) is 29.7 Å². The number of hydrogen-bond donors (Lipinski definition) is 1. The van der Waals surface area contributed by atoms with E-state index in [0.717, 1.165) is 5.69 Å². The number of ether oxygens (including phenoxy) is 1. The number of alkyl halides is 4. The number of imidazole rings is 1. The first-order valence-corrected chi connectivity index (χ1v) is 11.6. The molecule has 33 heavy (non-hydrogen) atoms. The zero-order valence-electron chi connectivity index (χ0n) is 18.7.